The molecule has 0 bridgehead atoms. The number of nitrogens with zero attached hydrogens (tertiary/aromatic N) is 3. The Balaban J connectivity index is 1.62. The Bertz CT molecular complexity index is 1270. The van der Waals surface area contributed by atoms with E-state index in [4.69, 9.17) is 25.8 Å². The van der Waals surface area contributed by atoms with E-state index in [1.807, 2.05) is 6.92 Å². The predicted octanol–water partition coefficient (Wildman–Crippen LogP) is 3.72. The summed E-state index contributed by atoms with van der Waals surface area (Å²) in [5.74, 6) is 0.477. The van der Waals surface area contributed by atoms with Crippen molar-refractivity contribution in [1.82, 2.24) is 20.0 Å². The van der Waals surface area contributed by atoms with Crippen molar-refractivity contribution in [3.63, 3.8) is 0 Å². The number of urea groups is 1. The molecule has 3 amide bonds. The zero-order chi connectivity index (χ0) is 28.8. The molecule has 1 unspecified atom stereocenters. The van der Waals surface area contributed by atoms with Crippen molar-refractivity contribution >= 4 is 29.5 Å². The molecule has 11 heteroatoms. The summed E-state index contributed by atoms with van der Waals surface area (Å²) in [7, 11) is 3.08. The number of nitrogens with one attached hydrogen (secondary N) is 1. The van der Waals surface area contributed by atoms with Gasteiger partial charge in [0.2, 0.25) is 0 Å². The molecule has 214 valence electrons. The average molecular weight is 571 g/mol. The van der Waals surface area contributed by atoms with Crippen LogP contribution in [0.1, 0.15) is 35.8 Å². The fourth-order valence-electron chi connectivity index (χ4n) is 5.04. The van der Waals surface area contributed by atoms with Gasteiger partial charge in [-0.15, -0.1) is 0 Å². The van der Waals surface area contributed by atoms with Crippen LogP contribution in [-0.2, 0) is 9.53 Å². The molecule has 2 aliphatic heterocycles. The van der Waals surface area contributed by atoms with E-state index in [1.54, 1.807) is 66.3 Å². The number of rotatable bonds is 9. The van der Waals surface area contributed by atoms with Gasteiger partial charge in [0.05, 0.1) is 32.4 Å². The van der Waals surface area contributed by atoms with Crippen molar-refractivity contribution in [3.8, 4) is 11.5 Å². The van der Waals surface area contributed by atoms with Gasteiger partial charge < -0.3 is 24.4 Å². The first-order chi connectivity index (χ1) is 19.3. The van der Waals surface area contributed by atoms with E-state index >= 15 is 0 Å². The van der Waals surface area contributed by atoms with E-state index in [2.05, 4.69) is 10.2 Å². The first-order valence-electron chi connectivity index (χ1n) is 13.3. The van der Waals surface area contributed by atoms with Crippen LogP contribution in [0.4, 0.5) is 4.79 Å². The van der Waals surface area contributed by atoms with Crippen molar-refractivity contribution < 1.29 is 28.6 Å². The Hall–Kier alpha value is -3.76. The van der Waals surface area contributed by atoms with Crippen LogP contribution < -0.4 is 14.8 Å². The van der Waals surface area contributed by atoms with Gasteiger partial charge in [-0.1, -0.05) is 17.7 Å². The smallest absolute Gasteiger partial charge is 0.338 e. The van der Waals surface area contributed by atoms with Crippen LogP contribution in [0.2, 0.25) is 5.02 Å². The quantitative estimate of drug-likeness (QED) is 0.459. The van der Waals surface area contributed by atoms with E-state index in [0.29, 0.717) is 78.2 Å². The molecule has 0 spiro atoms. The lowest BCUT2D eigenvalue weighted by molar-refractivity contribution is -0.139. The van der Waals surface area contributed by atoms with Crippen LogP contribution >= 0.6 is 11.6 Å². The van der Waals surface area contributed by atoms with Gasteiger partial charge in [-0.3, -0.25) is 14.6 Å². The van der Waals surface area contributed by atoms with Gasteiger partial charge in [-0.25, -0.2) is 9.59 Å². The predicted molar refractivity (Wildman–Crippen MR) is 151 cm³/mol. The summed E-state index contributed by atoms with van der Waals surface area (Å²) in [5, 5.41) is 3.55. The zero-order valence-corrected chi connectivity index (χ0v) is 24.0. The number of amides is 3. The second-order valence-electron chi connectivity index (χ2n) is 9.40. The highest BCUT2D eigenvalue weighted by Gasteiger charge is 2.39. The second-order valence-corrected chi connectivity index (χ2v) is 9.83. The molecule has 10 nitrogen and oxygen atoms in total. The average Bonchev–Trinajstić information content (AvgIpc) is 2.97. The molecule has 1 fully saturated rings. The maximum Gasteiger partial charge on any atom is 0.338 e. The monoisotopic (exact) mass is 570 g/mol. The molecule has 1 N–H and O–H groups in total. The van der Waals surface area contributed by atoms with Crippen molar-refractivity contribution in [2.45, 2.75) is 19.9 Å². The Labute approximate surface area is 239 Å². The first-order valence-corrected chi connectivity index (χ1v) is 13.7. The van der Waals surface area contributed by atoms with E-state index in [0.717, 1.165) is 0 Å². The lowest BCUT2D eigenvalue weighted by atomic mass is 9.93. The zero-order valence-electron chi connectivity index (χ0n) is 23.2. The number of ether oxygens (including phenoxy) is 3. The van der Waals surface area contributed by atoms with Crippen LogP contribution in [0.25, 0.3) is 0 Å². The molecule has 2 aliphatic rings. The molecule has 0 aromatic heterocycles. The van der Waals surface area contributed by atoms with Crippen LogP contribution in [0.15, 0.2) is 53.7 Å². The number of benzene rings is 2. The molecule has 0 aliphatic carbocycles. The molecule has 40 heavy (non-hydrogen) atoms. The van der Waals surface area contributed by atoms with Crippen molar-refractivity contribution in [2.75, 3.05) is 60.1 Å². The number of piperazine rings is 1. The molecule has 4 rings (SSSR count). The van der Waals surface area contributed by atoms with E-state index in [1.165, 1.54) is 7.11 Å². The van der Waals surface area contributed by atoms with Gasteiger partial charge in [0.15, 0.2) is 11.5 Å². The highest BCUT2D eigenvalue weighted by molar-refractivity contribution is 6.30. The molecular weight excluding hydrogens is 536 g/mol. The molecule has 2 aromatic carbocycles. The third kappa shape index (κ3) is 6.18. The lowest BCUT2D eigenvalue weighted by Gasteiger charge is -2.40. The summed E-state index contributed by atoms with van der Waals surface area (Å²) >= 11 is 5.97. The topological polar surface area (TPSA) is 101 Å². The van der Waals surface area contributed by atoms with Gasteiger partial charge in [0, 0.05) is 55.6 Å². The maximum atomic E-state index is 13.4. The number of carbonyl (C=O) groups excluding carboxylic acids is 3. The van der Waals surface area contributed by atoms with Crippen molar-refractivity contribution in [1.29, 1.82) is 0 Å². The minimum Gasteiger partial charge on any atom is -0.493 e. The summed E-state index contributed by atoms with van der Waals surface area (Å²) in [6.45, 7) is 6.72. The minimum absolute atomic E-state index is 0.0523. The SMILES string of the molecule is CCOC(=O)C1=C(CN2CCN(C(=O)c3ccc(Cl)cc3)CC2)N(CC)C(=O)NC1c1ccc(OC)c(OC)c1. The number of hydrogen-bond donors (Lipinski definition) is 1. The van der Waals surface area contributed by atoms with Gasteiger partial charge >= 0.3 is 12.0 Å². The maximum absolute atomic E-state index is 13.4. The summed E-state index contributed by atoms with van der Waals surface area (Å²) in [5.41, 5.74) is 2.21. The standard InChI is InChI=1S/C29H35ClN4O6/c1-5-34-22(18-32-13-15-33(16-14-32)27(35)19-7-10-21(30)11-8-19)25(28(36)40-6-2)26(31-29(34)37)20-9-12-23(38-3)24(17-20)39-4/h7-12,17,26H,5-6,13-16,18H2,1-4H3,(H,31,37). The summed E-state index contributed by atoms with van der Waals surface area (Å²) < 4.78 is 16.3. The molecule has 0 radical (unpaired) electrons. The Morgan fingerprint density at radius 2 is 1.65 bits per heavy atom. The highest BCUT2D eigenvalue weighted by Crippen LogP contribution is 2.36. The van der Waals surface area contributed by atoms with E-state index in [9.17, 15) is 14.4 Å². The van der Waals surface area contributed by atoms with Crippen LogP contribution in [0, 0.1) is 0 Å². The van der Waals surface area contributed by atoms with Gasteiger partial charge in [-0.2, -0.15) is 0 Å². The number of carbonyl (C=O) groups is 3. The third-order valence-corrected chi connectivity index (χ3v) is 7.37. The second kappa shape index (κ2) is 13.1. The summed E-state index contributed by atoms with van der Waals surface area (Å²) in [6, 6.07) is 11.1. The fraction of sp³-hybridized carbons (Fsp3) is 0.414. The third-order valence-electron chi connectivity index (χ3n) is 7.11. The van der Waals surface area contributed by atoms with Gasteiger partial charge in [-0.05, 0) is 55.8 Å². The summed E-state index contributed by atoms with van der Waals surface area (Å²) in [4.78, 5) is 45.2. The Morgan fingerprint density at radius 3 is 2.25 bits per heavy atom. The molecule has 0 saturated carbocycles. The van der Waals surface area contributed by atoms with E-state index < -0.39 is 12.0 Å². The first kappa shape index (κ1) is 29.2. The van der Waals surface area contributed by atoms with Gasteiger partial charge in [0.25, 0.3) is 5.91 Å². The number of esters is 1. The number of methoxy groups -OCH3 is 2. The highest BCUT2D eigenvalue weighted by atomic mass is 35.5. The molecular formula is C29H35ClN4O6. The van der Waals surface area contributed by atoms with Gasteiger partial charge in [0.1, 0.15) is 0 Å². The lowest BCUT2D eigenvalue weighted by Crippen LogP contribution is -2.53. The number of halogens is 1. The van der Waals surface area contributed by atoms with Crippen LogP contribution in [-0.4, -0.2) is 92.7 Å². The van der Waals surface area contributed by atoms with Crippen molar-refractivity contribution in [3.05, 3.63) is 69.9 Å². The fourth-order valence-corrected chi connectivity index (χ4v) is 5.16. The normalized spacial score (nSPS) is 17.9. The largest absolute Gasteiger partial charge is 0.493 e. The summed E-state index contributed by atoms with van der Waals surface area (Å²) in [6.07, 6.45) is 0. The molecule has 1 saturated heterocycles. The minimum atomic E-state index is -0.739. The Morgan fingerprint density at radius 1 is 0.975 bits per heavy atom. The van der Waals surface area contributed by atoms with E-state index in [-0.39, 0.29) is 18.5 Å². The molecule has 2 aromatic rings. The Kier molecular flexibility index (Phi) is 9.54. The number of likely N-dealkylation sites (N-methyl/N-ethyl adjacent to an activating group) is 1. The number of hydrogen-bond acceptors (Lipinski definition) is 7. The van der Waals surface area contributed by atoms with Crippen LogP contribution in [0.3, 0.4) is 0 Å². The van der Waals surface area contributed by atoms with Crippen molar-refractivity contribution in [2.24, 2.45) is 0 Å². The van der Waals surface area contributed by atoms with Crippen LogP contribution in [0.5, 0.6) is 11.5 Å². The molecule has 2 heterocycles. The molecule has 1 atom stereocenters.